The number of hydrogen-bond donors (Lipinski definition) is 1. The van der Waals surface area contributed by atoms with Gasteiger partial charge >= 0.3 is 12.1 Å². The molecule has 0 radical (unpaired) electrons. The lowest BCUT2D eigenvalue weighted by Crippen LogP contribution is -2.51. The molecule has 1 aromatic heterocycles. The van der Waals surface area contributed by atoms with Crippen molar-refractivity contribution in [2.45, 2.75) is 37.3 Å². The Kier molecular flexibility index (Phi) is 7.60. The number of carbonyl (C=O) groups is 1. The fourth-order valence-corrected chi connectivity index (χ4v) is 4.39. The zero-order valence-electron chi connectivity index (χ0n) is 16.0. The lowest BCUT2D eigenvalue weighted by atomic mass is 10.2. The molecule has 0 spiro atoms. The molecule has 170 valence electrons. The van der Waals surface area contributed by atoms with Crippen LogP contribution in [0, 0.1) is 5.82 Å². The van der Waals surface area contributed by atoms with Gasteiger partial charge in [-0.3, -0.25) is 0 Å². The molecular weight excluding hydrogens is 438 g/mol. The molecule has 14 heteroatoms. The predicted molar refractivity (Wildman–Crippen MR) is 94.4 cm³/mol. The minimum atomic E-state index is -5.08. The van der Waals surface area contributed by atoms with E-state index in [0.717, 1.165) is 0 Å². The van der Waals surface area contributed by atoms with E-state index in [9.17, 15) is 26.0 Å². The van der Waals surface area contributed by atoms with Crippen molar-refractivity contribution in [2.24, 2.45) is 0 Å². The van der Waals surface area contributed by atoms with Crippen LogP contribution in [0.25, 0.3) is 0 Å². The second-order valence-electron chi connectivity index (χ2n) is 6.63. The second-order valence-corrected chi connectivity index (χ2v) is 8.73. The molecule has 9 nitrogen and oxygen atoms in total. The summed E-state index contributed by atoms with van der Waals surface area (Å²) >= 11 is 0. The molecule has 0 amide bonds. The van der Waals surface area contributed by atoms with Gasteiger partial charge in [-0.1, -0.05) is 0 Å². The maximum absolute atomic E-state index is 13.8. The van der Waals surface area contributed by atoms with E-state index in [4.69, 9.17) is 19.4 Å². The lowest BCUT2D eigenvalue weighted by molar-refractivity contribution is -0.192. The van der Waals surface area contributed by atoms with Crippen LogP contribution in [0.15, 0.2) is 18.3 Å². The Balaban J connectivity index is 0.000000396. The Morgan fingerprint density at radius 3 is 2.53 bits per heavy atom. The first-order valence-electron chi connectivity index (χ1n) is 8.74. The maximum atomic E-state index is 13.8. The van der Waals surface area contributed by atoms with E-state index in [0.29, 0.717) is 19.4 Å². The third-order valence-corrected chi connectivity index (χ3v) is 6.45. The predicted octanol–water partition coefficient (Wildman–Crippen LogP) is 1.27. The van der Waals surface area contributed by atoms with Crippen LogP contribution in [0.1, 0.15) is 12.8 Å². The van der Waals surface area contributed by atoms with Crippen molar-refractivity contribution < 1.29 is 45.4 Å². The van der Waals surface area contributed by atoms with Crippen LogP contribution in [-0.2, 0) is 19.7 Å². The summed E-state index contributed by atoms with van der Waals surface area (Å²) in [7, 11) is -0.625. The van der Waals surface area contributed by atoms with Gasteiger partial charge in [0.15, 0.2) is 5.82 Å². The summed E-state index contributed by atoms with van der Waals surface area (Å²) in [5.41, 5.74) is 0. The number of pyridine rings is 1. The Hall–Kier alpha value is -2.03. The molecule has 2 bridgehead atoms. The molecule has 0 aromatic carbocycles. The summed E-state index contributed by atoms with van der Waals surface area (Å²) in [6.07, 6.45) is -3.20. The Bertz CT molecular complexity index is 852. The second kappa shape index (κ2) is 9.41. The highest BCUT2D eigenvalue weighted by Crippen LogP contribution is 2.34. The molecule has 1 aliphatic heterocycles. The standard InChI is InChI=1S/C14H20FN3O4S.C2HF3O2/c1-17(2)23(19,20)18-8-9-21-12-6-5-11(18)13(12)22-14-10(15)4-3-7-16-14;3-2(4,5)1(6)7/h3-4,7,11-13H,5-6,8-9H2,1-2H3;(H,6,7). The molecule has 3 unspecified atom stereocenters. The van der Waals surface area contributed by atoms with Crippen molar-refractivity contribution in [3.05, 3.63) is 24.1 Å². The molecule has 1 N–H and O–H groups in total. The van der Waals surface area contributed by atoms with E-state index in [1.807, 2.05) is 0 Å². The topological polar surface area (TPSA) is 109 Å². The van der Waals surface area contributed by atoms with Gasteiger partial charge in [0, 0.05) is 26.8 Å². The van der Waals surface area contributed by atoms with E-state index in [1.165, 1.54) is 41.0 Å². The fourth-order valence-electron chi connectivity index (χ4n) is 3.09. The van der Waals surface area contributed by atoms with Crippen molar-refractivity contribution in [3.8, 4) is 5.88 Å². The highest BCUT2D eigenvalue weighted by Gasteiger charge is 2.48. The first kappa shape index (κ1) is 24.2. The van der Waals surface area contributed by atoms with Crippen LogP contribution in [0.2, 0.25) is 0 Å². The van der Waals surface area contributed by atoms with Crippen molar-refractivity contribution in [3.63, 3.8) is 0 Å². The average molecular weight is 459 g/mol. The number of alkyl halides is 3. The van der Waals surface area contributed by atoms with Crippen LogP contribution in [0.5, 0.6) is 5.88 Å². The van der Waals surface area contributed by atoms with Gasteiger partial charge in [-0.15, -0.1) is 0 Å². The highest BCUT2D eigenvalue weighted by molar-refractivity contribution is 7.86. The number of aliphatic carboxylic acids is 1. The smallest absolute Gasteiger partial charge is 0.475 e. The van der Waals surface area contributed by atoms with Gasteiger partial charge in [0.05, 0.1) is 18.8 Å². The fraction of sp³-hybridized carbons (Fsp3) is 0.625. The van der Waals surface area contributed by atoms with Crippen molar-refractivity contribution in [2.75, 3.05) is 27.2 Å². The SMILES string of the molecule is CN(C)S(=O)(=O)N1CCOC2CCC1C2Oc1ncccc1F.O=C(O)C(F)(F)F. The lowest BCUT2D eigenvalue weighted by Gasteiger charge is -2.32. The third-order valence-electron chi connectivity index (χ3n) is 4.48. The molecule has 1 saturated heterocycles. The molecule has 2 fully saturated rings. The zero-order chi connectivity index (χ0) is 22.7. The van der Waals surface area contributed by atoms with Gasteiger partial charge in [0.2, 0.25) is 0 Å². The molecule has 2 aliphatic rings. The molecule has 1 aromatic rings. The minimum Gasteiger partial charge on any atom is -0.475 e. The first-order valence-corrected chi connectivity index (χ1v) is 10.1. The van der Waals surface area contributed by atoms with Crippen LogP contribution < -0.4 is 4.74 Å². The number of carboxylic acid groups (broad SMARTS) is 1. The van der Waals surface area contributed by atoms with Gasteiger partial charge in [-0.2, -0.15) is 30.2 Å². The van der Waals surface area contributed by atoms with Crippen molar-refractivity contribution in [1.82, 2.24) is 13.6 Å². The summed E-state index contributed by atoms with van der Waals surface area (Å²) in [4.78, 5) is 12.8. The molecule has 2 heterocycles. The number of nitrogens with zero attached hydrogens (tertiary/aromatic N) is 3. The number of carboxylic acids is 1. The summed E-state index contributed by atoms with van der Waals surface area (Å²) < 4.78 is 84.6. The number of ether oxygens (including phenoxy) is 2. The Labute approximate surface area is 170 Å². The van der Waals surface area contributed by atoms with E-state index in [1.54, 1.807) is 0 Å². The van der Waals surface area contributed by atoms with Crippen LogP contribution in [0.4, 0.5) is 17.6 Å². The summed E-state index contributed by atoms with van der Waals surface area (Å²) in [6.45, 7) is 0.547. The summed E-state index contributed by atoms with van der Waals surface area (Å²) in [5, 5.41) is 7.12. The summed E-state index contributed by atoms with van der Waals surface area (Å²) in [5.74, 6) is -3.45. The molecule has 30 heavy (non-hydrogen) atoms. The normalized spacial score (nSPS) is 24.7. The molecular formula is C16H21F4N3O6S. The molecule has 1 saturated carbocycles. The van der Waals surface area contributed by atoms with E-state index in [-0.39, 0.29) is 18.5 Å². The van der Waals surface area contributed by atoms with Gasteiger partial charge < -0.3 is 14.6 Å². The first-order chi connectivity index (χ1) is 13.9. The highest BCUT2D eigenvalue weighted by atomic mass is 32.2. The number of hydrogen-bond acceptors (Lipinski definition) is 6. The van der Waals surface area contributed by atoms with Gasteiger partial charge in [-0.25, -0.2) is 14.2 Å². The quantitative estimate of drug-likeness (QED) is 0.676. The average Bonchev–Trinajstić information content (AvgIpc) is 2.90. The van der Waals surface area contributed by atoms with E-state index in [2.05, 4.69) is 4.98 Å². The number of halogens is 4. The van der Waals surface area contributed by atoms with Gasteiger partial charge in [0.25, 0.3) is 16.1 Å². The number of aromatic nitrogens is 1. The molecule has 1 aliphatic carbocycles. The third kappa shape index (κ3) is 5.56. The Morgan fingerprint density at radius 2 is 2.00 bits per heavy atom. The van der Waals surface area contributed by atoms with Gasteiger partial charge in [0.1, 0.15) is 6.10 Å². The largest absolute Gasteiger partial charge is 0.490 e. The number of fused-ring (bicyclic) bond motifs is 2. The summed E-state index contributed by atoms with van der Waals surface area (Å²) in [6, 6.07) is 2.34. The van der Waals surface area contributed by atoms with Crippen molar-refractivity contribution >= 4 is 16.2 Å². The van der Waals surface area contributed by atoms with Gasteiger partial charge in [-0.05, 0) is 25.0 Å². The molecule has 3 atom stereocenters. The Morgan fingerprint density at radius 1 is 1.37 bits per heavy atom. The van der Waals surface area contributed by atoms with Crippen LogP contribution >= 0.6 is 0 Å². The minimum absolute atomic E-state index is 0.123. The number of rotatable bonds is 4. The van der Waals surface area contributed by atoms with Crippen molar-refractivity contribution in [1.29, 1.82) is 0 Å². The van der Waals surface area contributed by atoms with E-state index < -0.39 is 40.3 Å². The zero-order valence-corrected chi connectivity index (χ0v) is 16.9. The molecule has 3 rings (SSSR count). The van der Waals surface area contributed by atoms with Crippen LogP contribution in [-0.4, -0.2) is 84.8 Å². The van der Waals surface area contributed by atoms with E-state index >= 15 is 0 Å². The van der Waals surface area contributed by atoms with Crippen LogP contribution in [0.3, 0.4) is 0 Å². The monoisotopic (exact) mass is 459 g/mol. The maximum Gasteiger partial charge on any atom is 0.490 e.